The van der Waals surface area contributed by atoms with E-state index in [1.807, 2.05) is 6.07 Å². The summed E-state index contributed by atoms with van der Waals surface area (Å²) in [6, 6.07) is 4.15. The molecular weight excluding hydrogens is 392 g/mol. The number of carboxylic acids is 1. The highest BCUT2D eigenvalue weighted by molar-refractivity contribution is 5.94. The first kappa shape index (κ1) is 21.2. The van der Waals surface area contributed by atoms with E-state index >= 15 is 0 Å². The number of fused-ring (bicyclic) bond motifs is 1. The lowest BCUT2D eigenvalue weighted by Crippen LogP contribution is -2.48. The van der Waals surface area contributed by atoms with Gasteiger partial charge in [0.25, 0.3) is 0 Å². The number of carboxylic acid groups (broad SMARTS) is 1. The zero-order valence-corrected chi connectivity index (χ0v) is 15.6. The second kappa shape index (κ2) is 6.80. The van der Waals surface area contributed by atoms with Gasteiger partial charge >= 0.3 is 12.1 Å². The number of halogens is 4. The number of benzene rings is 1. The molecule has 0 heterocycles. The van der Waals surface area contributed by atoms with Gasteiger partial charge < -0.3 is 10.8 Å². The molecule has 2 saturated carbocycles. The number of ketones is 1. The molecule has 0 amide bonds. The molecule has 0 saturated heterocycles. The lowest BCUT2D eigenvalue weighted by atomic mass is 9.61. The van der Waals surface area contributed by atoms with Gasteiger partial charge in [-0.1, -0.05) is 6.92 Å². The molecule has 5 unspecified atom stereocenters. The van der Waals surface area contributed by atoms with Crippen molar-refractivity contribution in [2.45, 2.75) is 32.4 Å². The number of rotatable bonds is 6. The predicted octanol–water partition coefficient (Wildman–Crippen LogP) is 3.17. The molecule has 2 aliphatic rings. The summed E-state index contributed by atoms with van der Waals surface area (Å²) in [4.78, 5) is 24.5. The summed E-state index contributed by atoms with van der Waals surface area (Å²) in [6.45, 7) is 1.21. The number of alkyl halides is 3. The molecule has 3 N–H and O–H groups in total. The standard InChI is InChI=1S/C20H20F4N2O3/c1-2-18-14(16(18)17(28)29)7-11(19(18,9-26)15(27)8-25)3-10-4-12(20(22,23)24)6-13(21)5-10/h4-6,11,14,16H,2-3,7-8,25H2,1H3,(H,28,29). The van der Waals surface area contributed by atoms with Crippen molar-refractivity contribution in [3.63, 3.8) is 0 Å². The van der Waals surface area contributed by atoms with Crippen LogP contribution in [0.25, 0.3) is 0 Å². The lowest BCUT2D eigenvalue weighted by Gasteiger charge is -2.37. The van der Waals surface area contributed by atoms with E-state index < -0.39 is 64.4 Å². The number of aliphatic carboxylic acids is 1. The maximum Gasteiger partial charge on any atom is 0.416 e. The SMILES string of the molecule is CCC12C(CC(Cc3cc(F)cc(C(F)(F)F)c3)C1(C#N)C(=O)CN)C2C(=O)O. The van der Waals surface area contributed by atoms with Gasteiger partial charge in [0.1, 0.15) is 11.2 Å². The van der Waals surface area contributed by atoms with Crippen molar-refractivity contribution in [1.82, 2.24) is 0 Å². The molecule has 29 heavy (non-hydrogen) atoms. The topological polar surface area (TPSA) is 104 Å². The monoisotopic (exact) mass is 412 g/mol. The Labute approximate surface area is 164 Å². The van der Waals surface area contributed by atoms with Gasteiger partial charge in [-0.3, -0.25) is 9.59 Å². The number of hydrogen-bond donors (Lipinski definition) is 2. The Kier molecular flexibility index (Phi) is 4.98. The Hall–Kier alpha value is -2.47. The van der Waals surface area contributed by atoms with E-state index in [9.17, 15) is 37.5 Å². The van der Waals surface area contributed by atoms with Crippen LogP contribution in [0, 0.1) is 45.7 Å². The molecule has 1 aromatic carbocycles. The van der Waals surface area contributed by atoms with Crippen LogP contribution in [0.15, 0.2) is 18.2 Å². The van der Waals surface area contributed by atoms with Crippen LogP contribution in [0.3, 0.4) is 0 Å². The number of Topliss-reactive ketones (excluding diaryl/α,β-unsaturated/α-hetero) is 1. The molecular formula is C20H20F4N2O3. The highest BCUT2D eigenvalue weighted by Crippen LogP contribution is 2.79. The molecule has 1 aromatic rings. The van der Waals surface area contributed by atoms with Gasteiger partial charge in [0.15, 0.2) is 5.78 Å². The van der Waals surface area contributed by atoms with E-state index in [2.05, 4.69) is 0 Å². The molecule has 3 rings (SSSR count). The summed E-state index contributed by atoms with van der Waals surface area (Å²) in [5.74, 6) is -4.86. The molecule has 0 radical (unpaired) electrons. The highest BCUT2D eigenvalue weighted by atomic mass is 19.4. The van der Waals surface area contributed by atoms with Crippen LogP contribution in [0.5, 0.6) is 0 Å². The van der Waals surface area contributed by atoms with Crippen LogP contribution in [0.4, 0.5) is 17.6 Å². The van der Waals surface area contributed by atoms with Gasteiger partial charge in [-0.05, 0) is 54.9 Å². The summed E-state index contributed by atoms with van der Waals surface area (Å²) < 4.78 is 52.9. The first-order valence-corrected chi connectivity index (χ1v) is 9.23. The molecule has 156 valence electrons. The largest absolute Gasteiger partial charge is 0.481 e. The minimum Gasteiger partial charge on any atom is -0.481 e. The third-order valence-corrected chi connectivity index (χ3v) is 6.81. The van der Waals surface area contributed by atoms with Crippen LogP contribution in [-0.4, -0.2) is 23.4 Å². The smallest absolute Gasteiger partial charge is 0.416 e. The summed E-state index contributed by atoms with van der Waals surface area (Å²) in [5, 5.41) is 19.6. The first-order valence-electron chi connectivity index (χ1n) is 9.23. The molecule has 2 fully saturated rings. The third kappa shape index (κ3) is 2.84. The Morgan fingerprint density at radius 1 is 1.34 bits per heavy atom. The Bertz CT molecular complexity index is 910. The highest BCUT2D eigenvalue weighted by Gasteiger charge is 2.83. The minimum absolute atomic E-state index is 0.00574. The maximum atomic E-state index is 13.8. The van der Waals surface area contributed by atoms with Crippen molar-refractivity contribution in [3.8, 4) is 6.07 Å². The maximum absolute atomic E-state index is 13.8. The van der Waals surface area contributed by atoms with Crippen molar-refractivity contribution in [2.24, 2.45) is 34.3 Å². The average Bonchev–Trinajstić information content (AvgIpc) is 3.21. The Morgan fingerprint density at radius 2 is 2.00 bits per heavy atom. The Balaban J connectivity index is 2.05. The first-order chi connectivity index (χ1) is 13.5. The number of nitrogens with zero attached hydrogens (tertiary/aromatic N) is 1. The van der Waals surface area contributed by atoms with Crippen LogP contribution < -0.4 is 5.73 Å². The molecule has 5 atom stereocenters. The van der Waals surface area contributed by atoms with Crippen LogP contribution in [-0.2, 0) is 22.2 Å². The molecule has 0 bridgehead atoms. The van der Waals surface area contributed by atoms with Crippen molar-refractivity contribution in [3.05, 3.63) is 35.1 Å². The van der Waals surface area contributed by atoms with Crippen molar-refractivity contribution >= 4 is 11.8 Å². The second-order valence-corrected chi connectivity index (χ2v) is 7.85. The lowest BCUT2D eigenvalue weighted by molar-refractivity contribution is -0.142. The number of nitrogens with two attached hydrogens (primary N) is 1. The molecule has 0 aromatic heterocycles. The normalized spacial score (nSPS) is 33.1. The van der Waals surface area contributed by atoms with E-state index in [-0.39, 0.29) is 24.8 Å². The Morgan fingerprint density at radius 3 is 2.48 bits per heavy atom. The van der Waals surface area contributed by atoms with E-state index in [0.29, 0.717) is 6.07 Å². The van der Waals surface area contributed by atoms with Gasteiger partial charge in [0.2, 0.25) is 0 Å². The van der Waals surface area contributed by atoms with Gasteiger partial charge in [0.05, 0.1) is 24.1 Å². The van der Waals surface area contributed by atoms with E-state index in [0.717, 1.165) is 12.1 Å². The minimum atomic E-state index is -4.74. The van der Waals surface area contributed by atoms with Crippen molar-refractivity contribution in [2.75, 3.05) is 6.54 Å². The van der Waals surface area contributed by atoms with Gasteiger partial charge in [-0.15, -0.1) is 0 Å². The summed E-state index contributed by atoms with van der Waals surface area (Å²) >= 11 is 0. The fraction of sp³-hybridized carbons (Fsp3) is 0.550. The molecule has 9 heteroatoms. The van der Waals surface area contributed by atoms with Crippen LogP contribution in [0.2, 0.25) is 0 Å². The molecule has 0 aliphatic heterocycles. The average molecular weight is 412 g/mol. The van der Waals surface area contributed by atoms with E-state index in [4.69, 9.17) is 5.73 Å². The summed E-state index contributed by atoms with van der Waals surface area (Å²) in [5.41, 5.74) is 1.55. The zero-order chi connectivity index (χ0) is 21.8. The fourth-order valence-corrected chi connectivity index (χ4v) is 5.78. The van der Waals surface area contributed by atoms with E-state index in [1.54, 1.807) is 6.92 Å². The van der Waals surface area contributed by atoms with Gasteiger partial charge in [0, 0.05) is 5.41 Å². The number of carbonyl (C=O) groups excluding carboxylic acids is 1. The quantitative estimate of drug-likeness (QED) is 0.699. The van der Waals surface area contributed by atoms with Crippen molar-refractivity contribution in [1.29, 1.82) is 5.26 Å². The van der Waals surface area contributed by atoms with Crippen LogP contribution in [0.1, 0.15) is 30.9 Å². The molecule has 0 spiro atoms. The number of carbonyl (C=O) groups is 2. The predicted molar refractivity (Wildman–Crippen MR) is 92.7 cm³/mol. The van der Waals surface area contributed by atoms with E-state index in [1.165, 1.54) is 0 Å². The summed E-state index contributed by atoms with van der Waals surface area (Å²) in [7, 11) is 0. The molecule has 5 nitrogen and oxygen atoms in total. The zero-order valence-electron chi connectivity index (χ0n) is 15.6. The third-order valence-electron chi connectivity index (χ3n) is 6.81. The summed E-state index contributed by atoms with van der Waals surface area (Å²) in [6.07, 6.45) is -4.46. The number of hydrogen-bond acceptors (Lipinski definition) is 4. The fourth-order valence-electron chi connectivity index (χ4n) is 5.78. The van der Waals surface area contributed by atoms with Gasteiger partial charge in [-0.2, -0.15) is 18.4 Å². The molecule has 2 aliphatic carbocycles. The number of nitriles is 1. The van der Waals surface area contributed by atoms with Gasteiger partial charge in [-0.25, -0.2) is 4.39 Å². The van der Waals surface area contributed by atoms with Crippen LogP contribution >= 0.6 is 0 Å². The van der Waals surface area contributed by atoms with Crippen molar-refractivity contribution < 1.29 is 32.3 Å². The second-order valence-electron chi connectivity index (χ2n) is 7.85.